The fourth-order valence-corrected chi connectivity index (χ4v) is 2.78. The summed E-state index contributed by atoms with van der Waals surface area (Å²) in [6.07, 6.45) is 0. The molecule has 0 aliphatic carbocycles. The van der Waals surface area contributed by atoms with Crippen LogP contribution < -0.4 is 0 Å². The zero-order valence-corrected chi connectivity index (χ0v) is 11.1. The van der Waals surface area contributed by atoms with Gasteiger partial charge in [-0.3, -0.25) is 19.6 Å². The Morgan fingerprint density at radius 1 is 1.44 bits per heavy atom. The Kier molecular flexibility index (Phi) is 3.55. The summed E-state index contributed by atoms with van der Waals surface area (Å²) < 4.78 is 1.38. The van der Waals surface area contributed by atoms with Crippen molar-refractivity contribution in [3.63, 3.8) is 0 Å². The number of aromatic nitrogens is 2. The van der Waals surface area contributed by atoms with Gasteiger partial charge in [0.1, 0.15) is 5.69 Å². The molecule has 0 unspecified atom stereocenters. The van der Waals surface area contributed by atoms with E-state index in [1.54, 1.807) is 30.6 Å². The lowest BCUT2D eigenvalue weighted by atomic mass is 10.2. The van der Waals surface area contributed by atoms with Crippen molar-refractivity contribution in [3.8, 4) is 0 Å². The Hall–Kier alpha value is -1.57. The third-order valence-corrected chi connectivity index (χ3v) is 3.93. The van der Waals surface area contributed by atoms with Crippen LogP contribution in [0.25, 0.3) is 0 Å². The molecule has 0 aromatic carbocycles. The monoisotopic (exact) mass is 270 g/mol. The largest absolute Gasteiger partial charge is 0.335 e. The van der Waals surface area contributed by atoms with Gasteiger partial charge < -0.3 is 4.90 Å². The molecule has 2 heterocycles. The van der Waals surface area contributed by atoms with E-state index in [1.807, 2.05) is 0 Å². The van der Waals surface area contributed by atoms with Crippen LogP contribution in [0.15, 0.2) is 0 Å². The van der Waals surface area contributed by atoms with Crippen molar-refractivity contribution >= 4 is 23.4 Å². The van der Waals surface area contributed by atoms with Gasteiger partial charge in [-0.25, -0.2) is 0 Å². The smallest absolute Gasteiger partial charge is 0.322 e. The van der Waals surface area contributed by atoms with Crippen LogP contribution in [0.5, 0.6) is 0 Å². The molecule has 98 valence electrons. The molecule has 1 fully saturated rings. The maximum absolute atomic E-state index is 12.2. The van der Waals surface area contributed by atoms with Gasteiger partial charge in [-0.2, -0.15) is 16.9 Å². The van der Waals surface area contributed by atoms with Crippen LogP contribution in [0, 0.1) is 17.0 Å². The zero-order valence-electron chi connectivity index (χ0n) is 10.3. The molecule has 0 N–H and O–H groups in total. The lowest BCUT2D eigenvalue weighted by Crippen LogP contribution is -2.38. The Bertz CT molecular complexity index is 494. The molecular weight excluding hydrogens is 256 g/mol. The minimum Gasteiger partial charge on any atom is -0.335 e. The molecule has 1 amide bonds. The maximum atomic E-state index is 12.2. The Balaban J connectivity index is 2.35. The van der Waals surface area contributed by atoms with Crippen molar-refractivity contribution < 1.29 is 9.72 Å². The Morgan fingerprint density at radius 2 is 2.06 bits per heavy atom. The number of thioether (sulfide) groups is 1. The summed E-state index contributed by atoms with van der Waals surface area (Å²) in [7, 11) is 1.60. The van der Waals surface area contributed by atoms with E-state index in [2.05, 4.69) is 5.10 Å². The van der Waals surface area contributed by atoms with E-state index in [4.69, 9.17) is 0 Å². The molecule has 2 rings (SSSR count). The molecule has 1 aromatic rings. The number of aryl methyl sites for hydroxylation is 1. The van der Waals surface area contributed by atoms with Gasteiger partial charge >= 0.3 is 5.69 Å². The molecule has 0 spiro atoms. The van der Waals surface area contributed by atoms with Crippen molar-refractivity contribution in [2.45, 2.75) is 6.92 Å². The summed E-state index contributed by atoms with van der Waals surface area (Å²) >= 11 is 1.78. The summed E-state index contributed by atoms with van der Waals surface area (Å²) in [5.41, 5.74) is 0.169. The second-order valence-corrected chi connectivity index (χ2v) is 5.29. The van der Waals surface area contributed by atoms with E-state index in [-0.39, 0.29) is 17.3 Å². The summed E-state index contributed by atoms with van der Waals surface area (Å²) in [4.78, 5) is 24.3. The second-order valence-electron chi connectivity index (χ2n) is 4.07. The normalized spacial score (nSPS) is 15.8. The number of amides is 1. The maximum Gasteiger partial charge on any atom is 0.322 e. The SMILES string of the molecule is Cc1c([N+](=O)[O-])c(C(=O)N2CCSCC2)nn1C. The third kappa shape index (κ3) is 2.20. The van der Waals surface area contributed by atoms with Crippen molar-refractivity contribution in [1.82, 2.24) is 14.7 Å². The third-order valence-electron chi connectivity index (χ3n) is 2.99. The number of hydrogen-bond donors (Lipinski definition) is 0. The van der Waals surface area contributed by atoms with Gasteiger partial charge in [0.15, 0.2) is 0 Å². The fraction of sp³-hybridized carbons (Fsp3) is 0.600. The summed E-state index contributed by atoms with van der Waals surface area (Å²) in [6, 6.07) is 0. The average Bonchev–Trinajstić information content (AvgIpc) is 2.66. The zero-order chi connectivity index (χ0) is 13.3. The highest BCUT2D eigenvalue weighted by atomic mass is 32.2. The van der Waals surface area contributed by atoms with E-state index in [0.29, 0.717) is 18.8 Å². The molecule has 8 heteroatoms. The molecular formula is C10H14N4O3S. The van der Waals surface area contributed by atoms with Crippen LogP contribution in [0.4, 0.5) is 5.69 Å². The number of nitro groups is 1. The van der Waals surface area contributed by atoms with Crippen LogP contribution in [0.3, 0.4) is 0 Å². The van der Waals surface area contributed by atoms with Gasteiger partial charge in [0.05, 0.1) is 4.92 Å². The number of carbonyl (C=O) groups excluding carboxylic acids is 1. The summed E-state index contributed by atoms with van der Waals surface area (Å²) in [6.45, 7) is 2.83. The van der Waals surface area contributed by atoms with Gasteiger partial charge in [0.25, 0.3) is 5.91 Å². The molecule has 0 saturated carbocycles. The van der Waals surface area contributed by atoms with Crippen molar-refractivity contribution in [2.24, 2.45) is 7.05 Å². The van der Waals surface area contributed by atoms with Crippen LogP contribution in [-0.4, -0.2) is 50.1 Å². The molecule has 1 saturated heterocycles. The van der Waals surface area contributed by atoms with Gasteiger partial charge in [-0.05, 0) is 6.92 Å². The summed E-state index contributed by atoms with van der Waals surface area (Å²) in [5, 5.41) is 15.0. The predicted molar refractivity (Wildman–Crippen MR) is 67.8 cm³/mol. The van der Waals surface area contributed by atoms with Crippen molar-refractivity contribution in [1.29, 1.82) is 0 Å². The molecule has 1 aromatic heterocycles. The molecule has 7 nitrogen and oxygen atoms in total. The molecule has 1 aliphatic heterocycles. The molecule has 0 atom stereocenters. The minimum absolute atomic E-state index is 0.0492. The first-order chi connectivity index (χ1) is 8.52. The van der Waals surface area contributed by atoms with Gasteiger partial charge in [0.2, 0.25) is 5.69 Å². The topological polar surface area (TPSA) is 81.3 Å². The van der Waals surface area contributed by atoms with Crippen molar-refractivity contribution in [2.75, 3.05) is 24.6 Å². The quantitative estimate of drug-likeness (QED) is 0.587. The lowest BCUT2D eigenvalue weighted by Gasteiger charge is -2.25. The average molecular weight is 270 g/mol. The highest BCUT2D eigenvalue weighted by Gasteiger charge is 2.32. The van der Waals surface area contributed by atoms with Crippen molar-refractivity contribution in [3.05, 3.63) is 21.5 Å². The molecule has 0 bridgehead atoms. The first kappa shape index (κ1) is 12.9. The minimum atomic E-state index is -0.533. The molecule has 0 radical (unpaired) electrons. The Morgan fingerprint density at radius 3 is 2.61 bits per heavy atom. The highest BCUT2D eigenvalue weighted by molar-refractivity contribution is 7.99. The first-order valence-electron chi connectivity index (χ1n) is 5.57. The first-order valence-corrected chi connectivity index (χ1v) is 6.73. The van der Waals surface area contributed by atoms with E-state index in [1.165, 1.54) is 4.68 Å². The Labute approximate surface area is 108 Å². The van der Waals surface area contributed by atoms with E-state index in [0.717, 1.165) is 11.5 Å². The number of nitrogens with zero attached hydrogens (tertiary/aromatic N) is 4. The van der Waals surface area contributed by atoms with E-state index in [9.17, 15) is 14.9 Å². The second kappa shape index (κ2) is 4.97. The van der Waals surface area contributed by atoms with Gasteiger partial charge in [0, 0.05) is 31.6 Å². The van der Waals surface area contributed by atoms with E-state index >= 15 is 0 Å². The molecule has 18 heavy (non-hydrogen) atoms. The standard InChI is InChI=1S/C10H14N4O3S/c1-7-9(14(16)17)8(11-12(7)2)10(15)13-3-5-18-6-4-13/h3-6H2,1-2H3. The van der Waals surface area contributed by atoms with Gasteiger partial charge in [-0.15, -0.1) is 0 Å². The van der Waals surface area contributed by atoms with Gasteiger partial charge in [-0.1, -0.05) is 0 Å². The van der Waals surface area contributed by atoms with Crippen LogP contribution in [-0.2, 0) is 7.05 Å². The number of hydrogen-bond acceptors (Lipinski definition) is 5. The predicted octanol–water partition coefficient (Wildman–Crippen LogP) is 0.826. The van der Waals surface area contributed by atoms with Crippen LogP contribution in [0.2, 0.25) is 0 Å². The highest BCUT2D eigenvalue weighted by Crippen LogP contribution is 2.24. The molecule has 1 aliphatic rings. The fourth-order valence-electron chi connectivity index (χ4n) is 1.88. The number of rotatable bonds is 2. The summed E-state index contributed by atoms with van der Waals surface area (Å²) in [5.74, 6) is 1.39. The number of carbonyl (C=O) groups is 1. The van der Waals surface area contributed by atoms with Crippen LogP contribution in [0.1, 0.15) is 16.2 Å². The van der Waals surface area contributed by atoms with E-state index < -0.39 is 4.92 Å². The van der Waals surface area contributed by atoms with Crippen LogP contribution >= 0.6 is 11.8 Å². The lowest BCUT2D eigenvalue weighted by molar-refractivity contribution is -0.385.